The van der Waals surface area contributed by atoms with Gasteiger partial charge in [0, 0.05) is 12.2 Å². The number of rotatable bonds is 36. The first-order valence-electron chi connectivity index (χ1n) is 21.4. The van der Waals surface area contributed by atoms with Crippen molar-refractivity contribution in [3.63, 3.8) is 0 Å². The molecule has 0 aromatic heterocycles. The van der Waals surface area contributed by atoms with E-state index in [2.05, 4.69) is 38.2 Å². The fourth-order valence-corrected chi connectivity index (χ4v) is 5.76. The molecule has 0 amide bonds. The third kappa shape index (κ3) is 42.0. The summed E-state index contributed by atoms with van der Waals surface area (Å²) < 4.78 is 33.7. The van der Waals surface area contributed by atoms with E-state index < -0.39 is 39.1 Å². The molecular formula is C48H77NO8P+. The number of esters is 2. The maximum atomic E-state index is 12.5. The average molecular weight is 827 g/mol. The number of nitrogens with zero attached hydrogens (tertiary/aromatic N) is 1. The van der Waals surface area contributed by atoms with Crippen LogP contribution in [0, 0.1) is 0 Å². The molecule has 2 atom stereocenters. The Morgan fingerprint density at radius 1 is 0.534 bits per heavy atom. The Morgan fingerprint density at radius 3 is 1.38 bits per heavy atom. The number of hydrogen-bond donors (Lipinski definition) is 1. The van der Waals surface area contributed by atoms with Gasteiger partial charge in [0.15, 0.2) is 6.10 Å². The van der Waals surface area contributed by atoms with Gasteiger partial charge in [0.05, 0.1) is 27.7 Å². The topological polar surface area (TPSA) is 108 Å². The van der Waals surface area contributed by atoms with Crippen LogP contribution < -0.4 is 0 Å². The van der Waals surface area contributed by atoms with Crippen molar-refractivity contribution in [3.05, 3.63) is 122 Å². The van der Waals surface area contributed by atoms with Gasteiger partial charge in [0.25, 0.3) is 0 Å². The average Bonchev–Trinajstić information content (AvgIpc) is 3.17. The van der Waals surface area contributed by atoms with E-state index in [4.69, 9.17) is 18.5 Å². The van der Waals surface area contributed by atoms with Crippen molar-refractivity contribution in [3.8, 4) is 0 Å². The highest BCUT2D eigenvalue weighted by Crippen LogP contribution is 2.43. The minimum Gasteiger partial charge on any atom is -0.458 e. The highest BCUT2D eigenvalue weighted by molar-refractivity contribution is 7.47. The molecule has 1 unspecified atom stereocenters. The van der Waals surface area contributed by atoms with E-state index >= 15 is 0 Å². The number of allylic oxidation sites excluding steroid dienone is 18. The molecule has 0 bridgehead atoms. The van der Waals surface area contributed by atoms with E-state index in [1.54, 1.807) is 24.3 Å². The molecule has 0 aliphatic heterocycles. The van der Waals surface area contributed by atoms with Gasteiger partial charge in [-0.2, -0.15) is 0 Å². The Labute approximate surface area is 352 Å². The van der Waals surface area contributed by atoms with Gasteiger partial charge in [-0.25, -0.2) is 14.2 Å². The monoisotopic (exact) mass is 827 g/mol. The number of phosphoric acid groups is 1. The second-order valence-corrected chi connectivity index (χ2v) is 16.5. The number of ether oxygens (including phenoxy) is 2. The van der Waals surface area contributed by atoms with E-state index in [0.717, 1.165) is 12.8 Å². The van der Waals surface area contributed by atoms with Crippen molar-refractivity contribution in [2.24, 2.45) is 0 Å². The lowest BCUT2D eigenvalue weighted by atomic mass is 10.1. The van der Waals surface area contributed by atoms with Gasteiger partial charge in [-0.05, 0) is 25.7 Å². The predicted octanol–water partition coefficient (Wildman–Crippen LogP) is 12.1. The van der Waals surface area contributed by atoms with E-state index in [1.165, 1.54) is 114 Å². The number of likely N-dealkylation sites (N-methyl/N-ethyl adjacent to an activating group) is 1. The van der Waals surface area contributed by atoms with Crippen LogP contribution in [0.3, 0.4) is 0 Å². The van der Waals surface area contributed by atoms with Crippen molar-refractivity contribution in [2.75, 3.05) is 47.5 Å². The van der Waals surface area contributed by atoms with Crippen LogP contribution in [0.5, 0.6) is 0 Å². The van der Waals surface area contributed by atoms with Crippen molar-refractivity contribution >= 4 is 19.8 Å². The van der Waals surface area contributed by atoms with Crippen LogP contribution in [0.2, 0.25) is 0 Å². The lowest BCUT2D eigenvalue weighted by Gasteiger charge is -2.24. The second-order valence-electron chi connectivity index (χ2n) is 15.0. The lowest BCUT2D eigenvalue weighted by Crippen LogP contribution is -2.37. The van der Waals surface area contributed by atoms with Gasteiger partial charge >= 0.3 is 19.8 Å². The number of carbonyl (C=O) groups excluding carboxylic acids is 2. The van der Waals surface area contributed by atoms with Gasteiger partial charge in [0.1, 0.15) is 19.8 Å². The highest BCUT2D eigenvalue weighted by atomic mass is 31.2. The molecule has 0 rings (SSSR count). The first kappa shape index (κ1) is 54.4. The zero-order valence-corrected chi connectivity index (χ0v) is 37.4. The number of unbranched alkanes of at least 4 members (excludes halogenated alkanes) is 14. The molecule has 9 nitrogen and oxygen atoms in total. The number of quaternary nitrogens is 1. The van der Waals surface area contributed by atoms with E-state index in [0.29, 0.717) is 11.0 Å². The van der Waals surface area contributed by atoms with Crippen LogP contribution in [0.25, 0.3) is 0 Å². The Balaban J connectivity index is 4.85. The van der Waals surface area contributed by atoms with E-state index in [1.807, 2.05) is 69.8 Å². The third-order valence-corrected chi connectivity index (χ3v) is 9.36. The minimum atomic E-state index is -4.45. The standard InChI is InChI=1S/C48H76NO8P/c1-6-8-10-12-14-16-18-20-22-24-26-28-30-32-34-36-38-40-47(50)54-44-46(45-56-58(52,53)55-43-42-49(3,4)5)57-48(51)41-39-37-35-33-31-29-27-25-23-21-19-17-15-13-11-9-7-2/h22-41,46H,6-21,42-45H2,1-5H3/p+1/t46-/m1/s1. The van der Waals surface area contributed by atoms with Crippen LogP contribution in [0.4, 0.5) is 0 Å². The molecule has 10 heteroatoms. The van der Waals surface area contributed by atoms with Crippen LogP contribution in [-0.4, -0.2) is 74.9 Å². The predicted molar refractivity (Wildman–Crippen MR) is 242 cm³/mol. The van der Waals surface area contributed by atoms with Gasteiger partial charge in [-0.1, -0.05) is 200 Å². The summed E-state index contributed by atoms with van der Waals surface area (Å²) in [5.41, 5.74) is 0. The summed E-state index contributed by atoms with van der Waals surface area (Å²) in [6.07, 6.45) is 55.4. The molecule has 0 heterocycles. The molecule has 0 radical (unpaired) electrons. The molecule has 1 N–H and O–H groups in total. The minimum absolute atomic E-state index is 0.0216. The number of phosphoric ester groups is 1. The van der Waals surface area contributed by atoms with Gasteiger partial charge in [0.2, 0.25) is 0 Å². The molecule has 0 spiro atoms. The van der Waals surface area contributed by atoms with Gasteiger partial charge in [-0.3, -0.25) is 9.05 Å². The molecule has 0 aromatic carbocycles. The Hall–Kier alpha value is -3.59. The van der Waals surface area contributed by atoms with E-state index in [9.17, 15) is 19.0 Å². The van der Waals surface area contributed by atoms with Crippen molar-refractivity contribution in [1.29, 1.82) is 0 Å². The summed E-state index contributed by atoms with van der Waals surface area (Å²) in [4.78, 5) is 35.0. The van der Waals surface area contributed by atoms with Crippen LogP contribution in [0.15, 0.2) is 122 Å². The molecule has 0 aliphatic carbocycles. The summed E-state index contributed by atoms with van der Waals surface area (Å²) in [5.74, 6) is -1.43. The van der Waals surface area contributed by atoms with Gasteiger partial charge in [-0.15, -0.1) is 0 Å². The normalized spacial score (nSPS) is 14.8. The fraction of sp³-hybridized carbons (Fsp3) is 0.542. The zero-order chi connectivity index (χ0) is 42.8. The molecule has 0 fully saturated rings. The van der Waals surface area contributed by atoms with Crippen molar-refractivity contribution < 1.29 is 42.1 Å². The molecule has 0 aromatic rings. The Morgan fingerprint density at radius 2 is 0.931 bits per heavy atom. The number of carbonyl (C=O) groups is 2. The van der Waals surface area contributed by atoms with Crippen molar-refractivity contribution in [1.82, 2.24) is 0 Å². The summed E-state index contributed by atoms with van der Waals surface area (Å²) in [6, 6.07) is 0. The third-order valence-electron chi connectivity index (χ3n) is 8.38. The van der Waals surface area contributed by atoms with Crippen LogP contribution in [0.1, 0.15) is 117 Å². The largest absolute Gasteiger partial charge is 0.472 e. The molecule has 0 saturated heterocycles. The summed E-state index contributed by atoms with van der Waals surface area (Å²) in [5, 5.41) is 0. The molecule has 0 aliphatic rings. The molecule has 58 heavy (non-hydrogen) atoms. The zero-order valence-electron chi connectivity index (χ0n) is 36.5. The lowest BCUT2D eigenvalue weighted by molar-refractivity contribution is -0.870. The Kier molecular flexibility index (Phi) is 36.5. The summed E-state index contributed by atoms with van der Waals surface area (Å²) in [6.45, 7) is 3.99. The van der Waals surface area contributed by atoms with Crippen LogP contribution >= 0.6 is 7.82 Å². The first-order chi connectivity index (χ1) is 28.0. The fourth-order valence-electron chi connectivity index (χ4n) is 5.01. The Bertz CT molecular complexity index is 1390. The quantitative estimate of drug-likeness (QED) is 0.0166. The maximum absolute atomic E-state index is 12.5. The molecule has 326 valence electrons. The van der Waals surface area contributed by atoms with Crippen LogP contribution in [-0.2, 0) is 32.7 Å². The van der Waals surface area contributed by atoms with E-state index in [-0.39, 0.29) is 6.61 Å². The maximum Gasteiger partial charge on any atom is 0.472 e. The summed E-state index contributed by atoms with van der Waals surface area (Å²) in [7, 11) is 1.30. The highest BCUT2D eigenvalue weighted by Gasteiger charge is 2.26. The summed E-state index contributed by atoms with van der Waals surface area (Å²) >= 11 is 0. The first-order valence-corrected chi connectivity index (χ1v) is 22.9. The second kappa shape index (κ2) is 38.9. The van der Waals surface area contributed by atoms with Crippen molar-refractivity contribution in [2.45, 2.75) is 123 Å². The molecular weight excluding hydrogens is 750 g/mol. The number of hydrogen-bond acceptors (Lipinski definition) is 7. The smallest absolute Gasteiger partial charge is 0.458 e. The van der Waals surface area contributed by atoms with Gasteiger partial charge < -0.3 is 18.9 Å². The molecule has 0 saturated carbocycles. The SMILES string of the molecule is CCCCCCCCCC=CC=CC=CC=CC=CC(=O)OC[C@H](COP(=O)(O)OCC[N+](C)(C)C)OC(=O)C=CC=CC=CC=CC=CCCCCCCCCC.